The molecule has 2 aromatic heterocycles. The number of rotatable bonds is 7. The quantitative estimate of drug-likeness (QED) is 0.431. The lowest BCUT2D eigenvalue weighted by Gasteiger charge is -2.07. The third-order valence-electron chi connectivity index (χ3n) is 5.17. The van der Waals surface area contributed by atoms with E-state index in [0.29, 0.717) is 5.69 Å². The van der Waals surface area contributed by atoms with Crippen LogP contribution in [-0.4, -0.2) is 31.8 Å². The summed E-state index contributed by atoms with van der Waals surface area (Å²) < 4.78 is 1.46. The highest BCUT2D eigenvalue weighted by Crippen LogP contribution is 2.18. The zero-order chi connectivity index (χ0) is 21.8. The third kappa shape index (κ3) is 4.98. The van der Waals surface area contributed by atoms with Gasteiger partial charge in [0.15, 0.2) is 0 Å². The number of amides is 2. The van der Waals surface area contributed by atoms with Crippen molar-refractivity contribution in [3.05, 3.63) is 77.2 Å². The van der Waals surface area contributed by atoms with Gasteiger partial charge < -0.3 is 15.6 Å². The van der Waals surface area contributed by atoms with E-state index in [0.717, 1.165) is 27.7 Å². The van der Waals surface area contributed by atoms with Gasteiger partial charge in [-0.15, -0.1) is 5.10 Å². The Bertz CT molecular complexity index is 1240. The van der Waals surface area contributed by atoms with Crippen LogP contribution in [0.3, 0.4) is 0 Å². The molecule has 0 saturated carbocycles. The number of aromatic amines is 1. The number of aryl methyl sites for hydroxylation is 2. The fraction of sp³-hybridized carbons (Fsp3) is 0.217. The average molecular weight is 416 g/mol. The molecule has 0 radical (unpaired) electrons. The number of benzene rings is 2. The summed E-state index contributed by atoms with van der Waals surface area (Å²) in [5.41, 5.74) is 5.58. The molecular formula is C23H24N6O2. The van der Waals surface area contributed by atoms with E-state index in [4.69, 9.17) is 0 Å². The van der Waals surface area contributed by atoms with Crippen molar-refractivity contribution in [2.24, 2.45) is 0 Å². The summed E-state index contributed by atoms with van der Waals surface area (Å²) >= 11 is 0. The number of carbonyl (C=O) groups excluding carboxylic acids is 2. The molecule has 4 aromatic rings. The first-order valence-electron chi connectivity index (χ1n) is 10.1. The average Bonchev–Trinajstić information content (AvgIpc) is 3.36. The fourth-order valence-electron chi connectivity index (χ4n) is 3.37. The lowest BCUT2D eigenvalue weighted by Crippen LogP contribution is -2.24. The first-order chi connectivity index (χ1) is 15.0. The number of para-hydroxylation sites is 1. The van der Waals surface area contributed by atoms with Gasteiger partial charge in [0.1, 0.15) is 12.2 Å². The number of anilines is 1. The summed E-state index contributed by atoms with van der Waals surface area (Å²) in [6.07, 6.45) is 3.79. The van der Waals surface area contributed by atoms with E-state index in [1.54, 1.807) is 6.20 Å². The number of nitrogens with zero attached hydrogens (tertiary/aromatic N) is 3. The molecule has 8 heteroatoms. The summed E-state index contributed by atoms with van der Waals surface area (Å²) in [7, 11) is 0. The van der Waals surface area contributed by atoms with Crippen LogP contribution < -0.4 is 10.6 Å². The van der Waals surface area contributed by atoms with Crippen LogP contribution in [-0.2, 0) is 29.1 Å². The zero-order valence-electron chi connectivity index (χ0n) is 17.5. The van der Waals surface area contributed by atoms with Crippen LogP contribution in [0.2, 0.25) is 0 Å². The number of hydrogen-bond donors (Lipinski definition) is 3. The first kappa shape index (κ1) is 20.3. The molecule has 4 rings (SSSR count). The van der Waals surface area contributed by atoms with Crippen molar-refractivity contribution in [3.63, 3.8) is 0 Å². The predicted octanol–water partition coefficient (Wildman–Crippen LogP) is 2.87. The summed E-state index contributed by atoms with van der Waals surface area (Å²) in [5.74, 6) is -0.296. The van der Waals surface area contributed by atoms with Crippen molar-refractivity contribution in [2.45, 2.75) is 33.4 Å². The molecule has 0 saturated heterocycles. The van der Waals surface area contributed by atoms with E-state index >= 15 is 0 Å². The highest BCUT2D eigenvalue weighted by molar-refractivity contribution is 5.90. The summed E-state index contributed by atoms with van der Waals surface area (Å²) in [5, 5.41) is 14.8. The topological polar surface area (TPSA) is 105 Å². The van der Waals surface area contributed by atoms with Gasteiger partial charge in [-0.05, 0) is 48.7 Å². The molecule has 0 aliphatic heterocycles. The molecule has 0 bridgehead atoms. The molecule has 0 aliphatic carbocycles. The largest absolute Gasteiger partial charge is 0.361 e. The zero-order valence-corrected chi connectivity index (χ0v) is 17.5. The van der Waals surface area contributed by atoms with Gasteiger partial charge in [0.2, 0.25) is 11.8 Å². The highest BCUT2D eigenvalue weighted by Gasteiger charge is 2.11. The molecule has 0 atom stereocenters. The fourth-order valence-corrected chi connectivity index (χ4v) is 3.37. The van der Waals surface area contributed by atoms with Gasteiger partial charge in [0.05, 0.1) is 19.2 Å². The Morgan fingerprint density at radius 3 is 2.74 bits per heavy atom. The highest BCUT2D eigenvalue weighted by atomic mass is 16.2. The van der Waals surface area contributed by atoms with Gasteiger partial charge in [-0.3, -0.25) is 9.59 Å². The van der Waals surface area contributed by atoms with Crippen LogP contribution >= 0.6 is 0 Å². The molecule has 31 heavy (non-hydrogen) atoms. The molecule has 158 valence electrons. The Hall–Kier alpha value is -3.94. The maximum Gasteiger partial charge on any atom is 0.246 e. The molecule has 8 nitrogen and oxygen atoms in total. The Kier molecular flexibility index (Phi) is 5.79. The minimum absolute atomic E-state index is 0.0449. The summed E-state index contributed by atoms with van der Waals surface area (Å²) in [4.78, 5) is 27.8. The molecular weight excluding hydrogens is 392 g/mol. The summed E-state index contributed by atoms with van der Waals surface area (Å²) in [6, 6.07) is 13.6. The smallest absolute Gasteiger partial charge is 0.246 e. The van der Waals surface area contributed by atoms with E-state index in [-0.39, 0.29) is 31.3 Å². The van der Waals surface area contributed by atoms with Crippen LogP contribution in [0.25, 0.3) is 10.9 Å². The standard InChI is InChI=1S/C23H24N6O2/c1-15-7-8-18(9-16(15)2)26-23(31)14-29-13-19(27-28-29)12-25-22(30)10-17-11-24-21-6-4-3-5-20(17)21/h3-9,11,13,24H,10,12,14H2,1-2H3,(H,25,30)(H,26,31). The second kappa shape index (κ2) is 8.83. The van der Waals surface area contributed by atoms with Gasteiger partial charge in [-0.1, -0.05) is 29.5 Å². The van der Waals surface area contributed by atoms with Gasteiger partial charge >= 0.3 is 0 Å². The number of nitrogens with one attached hydrogen (secondary N) is 3. The van der Waals surface area contributed by atoms with Gasteiger partial charge in [0.25, 0.3) is 0 Å². The minimum atomic E-state index is -0.192. The van der Waals surface area contributed by atoms with Crippen LogP contribution in [0.5, 0.6) is 0 Å². The lowest BCUT2D eigenvalue weighted by atomic mass is 10.1. The molecule has 0 unspecified atom stereocenters. The third-order valence-corrected chi connectivity index (χ3v) is 5.17. The Labute approximate surface area is 179 Å². The van der Waals surface area contributed by atoms with Gasteiger partial charge in [0, 0.05) is 22.8 Å². The van der Waals surface area contributed by atoms with E-state index in [2.05, 4.69) is 25.9 Å². The van der Waals surface area contributed by atoms with Gasteiger partial charge in [-0.2, -0.15) is 0 Å². The van der Waals surface area contributed by atoms with E-state index in [9.17, 15) is 9.59 Å². The minimum Gasteiger partial charge on any atom is -0.361 e. The Morgan fingerprint density at radius 2 is 1.90 bits per heavy atom. The molecule has 0 aliphatic rings. The SMILES string of the molecule is Cc1ccc(NC(=O)Cn2cc(CNC(=O)Cc3c[nH]c4ccccc34)nn2)cc1C. The van der Waals surface area contributed by atoms with E-state index in [1.165, 1.54) is 10.2 Å². The maximum absolute atomic E-state index is 12.3. The number of carbonyl (C=O) groups is 2. The first-order valence-corrected chi connectivity index (χ1v) is 10.1. The van der Waals surface area contributed by atoms with Crippen molar-refractivity contribution in [1.82, 2.24) is 25.3 Å². The molecule has 2 aromatic carbocycles. The molecule has 2 heterocycles. The van der Waals surface area contributed by atoms with Crippen molar-refractivity contribution in [1.29, 1.82) is 0 Å². The van der Waals surface area contributed by atoms with Crippen molar-refractivity contribution >= 4 is 28.4 Å². The van der Waals surface area contributed by atoms with Crippen LogP contribution in [0.1, 0.15) is 22.4 Å². The monoisotopic (exact) mass is 416 g/mol. The van der Waals surface area contributed by atoms with Crippen molar-refractivity contribution < 1.29 is 9.59 Å². The van der Waals surface area contributed by atoms with Crippen LogP contribution in [0, 0.1) is 13.8 Å². The Morgan fingerprint density at radius 1 is 1.06 bits per heavy atom. The molecule has 0 fully saturated rings. The summed E-state index contributed by atoms with van der Waals surface area (Å²) in [6.45, 7) is 4.32. The van der Waals surface area contributed by atoms with Crippen molar-refractivity contribution in [3.8, 4) is 0 Å². The Balaban J connectivity index is 1.28. The lowest BCUT2D eigenvalue weighted by molar-refractivity contribution is -0.120. The van der Waals surface area contributed by atoms with E-state index < -0.39 is 0 Å². The maximum atomic E-state index is 12.3. The molecule has 2 amide bonds. The van der Waals surface area contributed by atoms with Gasteiger partial charge in [-0.25, -0.2) is 4.68 Å². The number of aromatic nitrogens is 4. The second-order valence-corrected chi connectivity index (χ2v) is 7.57. The van der Waals surface area contributed by atoms with Crippen LogP contribution in [0.4, 0.5) is 5.69 Å². The normalized spacial score (nSPS) is 10.9. The van der Waals surface area contributed by atoms with E-state index in [1.807, 2.05) is 62.5 Å². The number of hydrogen-bond acceptors (Lipinski definition) is 4. The number of H-pyrrole nitrogens is 1. The molecule has 0 spiro atoms. The van der Waals surface area contributed by atoms with Crippen molar-refractivity contribution in [2.75, 3.05) is 5.32 Å². The van der Waals surface area contributed by atoms with Crippen LogP contribution in [0.15, 0.2) is 54.9 Å². The predicted molar refractivity (Wildman–Crippen MR) is 118 cm³/mol. The number of fused-ring (bicyclic) bond motifs is 1. The molecule has 3 N–H and O–H groups in total. The second-order valence-electron chi connectivity index (χ2n) is 7.57.